The highest BCUT2D eigenvalue weighted by atomic mass is 35.5. The molecule has 74 valence electrons. The molecule has 1 aromatic rings. The van der Waals surface area contributed by atoms with E-state index in [1.54, 1.807) is 0 Å². The number of ether oxygens (including phenoxy) is 1. The summed E-state index contributed by atoms with van der Waals surface area (Å²) in [6.45, 7) is 0.496. The highest BCUT2D eigenvalue weighted by Crippen LogP contribution is 2.24. The quantitative estimate of drug-likeness (QED) is 0.550. The van der Waals surface area contributed by atoms with Crippen molar-refractivity contribution in [1.82, 2.24) is 0 Å². The largest absolute Gasteiger partial charge is 0.492 e. The van der Waals surface area contributed by atoms with Gasteiger partial charge in [0.05, 0.1) is 11.6 Å². The van der Waals surface area contributed by atoms with Crippen molar-refractivity contribution in [2.75, 3.05) is 6.61 Å². The van der Waals surface area contributed by atoms with E-state index in [1.165, 1.54) is 18.2 Å². The molecule has 0 aliphatic heterocycles. The molecule has 1 rings (SSSR count). The Hall–Kier alpha value is -1.20. The lowest BCUT2D eigenvalue weighted by Gasteiger charge is -2.06. The van der Waals surface area contributed by atoms with Gasteiger partial charge in [-0.25, -0.2) is 4.39 Å². The average molecular weight is 213 g/mol. The van der Waals surface area contributed by atoms with E-state index in [0.29, 0.717) is 18.8 Å². The first-order valence-electron chi connectivity index (χ1n) is 4.25. The molecule has 14 heavy (non-hydrogen) atoms. The van der Waals surface area contributed by atoms with Gasteiger partial charge in [0.1, 0.15) is 11.6 Å². The number of hydrogen-bond acceptors (Lipinski definition) is 1. The molecule has 0 atom stereocenters. The number of rotatable bonds is 4. The Morgan fingerprint density at radius 3 is 2.93 bits per heavy atom. The summed E-state index contributed by atoms with van der Waals surface area (Å²) in [5.41, 5.74) is 0. The van der Waals surface area contributed by atoms with Crippen molar-refractivity contribution in [3.8, 4) is 18.1 Å². The molecule has 0 unspecified atom stereocenters. The molecule has 0 heterocycles. The van der Waals surface area contributed by atoms with E-state index in [9.17, 15) is 4.39 Å². The Kier molecular flexibility index (Phi) is 4.28. The van der Waals surface area contributed by atoms with E-state index in [4.69, 9.17) is 22.8 Å². The van der Waals surface area contributed by atoms with Gasteiger partial charge in [-0.1, -0.05) is 11.6 Å². The van der Waals surface area contributed by atoms with Crippen LogP contribution in [0.2, 0.25) is 5.02 Å². The van der Waals surface area contributed by atoms with Crippen LogP contribution in [0, 0.1) is 18.2 Å². The van der Waals surface area contributed by atoms with Crippen molar-refractivity contribution in [2.24, 2.45) is 0 Å². The molecular weight excluding hydrogens is 203 g/mol. The Bertz CT molecular complexity index is 344. The maximum Gasteiger partial charge on any atom is 0.138 e. The molecule has 0 N–H and O–H groups in total. The van der Waals surface area contributed by atoms with Gasteiger partial charge in [0.2, 0.25) is 0 Å². The fourth-order valence-corrected chi connectivity index (χ4v) is 1.17. The molecule has 1 nitrogen and oxygen atoms in total. The molecule has 0 spiro atoms. The van der Waals surface area contributed by atoms with Crippen LogP contribution >= 0.6 is 11.6 Å². The summed E-state index contributed by atoms with van der Waals surface area (Å²) in [6.07, 6.45) is 6.51. The summed E-state index contributed by atoms with van der Waals surface area (Å²) >= 11 is 5.74. The van der Waals surface area contributed by atoms with Gasteiger partial charge in [0.15, 0.2) is 0 Å². The Balaban J connectivity index is 2.47. The summed E-state index contributed by atoms with van der Waals surface area (Å²) in [4.78, 5) is 0. The van der Waals surface area contributed by atoms with Crippen molar-refractivity contribution in [3.05, 3.63) is 29.0 Å². The fraction of sp³-hybridized carbons (Fsp3) is 0.273. The van der Waals surface area contributed by atoms with E-state index in [1.807, 2.05) is 0 Å². The van der Waals surface area contributed by atoms with Crippen molar-refractivity contribution in [1.29, 1.82) is 0 Å². The van der Waals surface area contributed by atoms with Crippen LogP contribution in [0.25, 0.3) is 0 Å². The standard InChI is InChI=1S/C11H10ClFO/c1-2-3-4-7-14-11-6-5-9(13)8-10(11)12/h1,5-6,8H,3-4,7H2. The van der Waals surface area contributed by atoms with Crippen LogP contribution in [0.1, 0.15) is 12.8 Å². The number of benzene rings is 1. The van der Waals surface area contributed by atoms with E-state index < -0.39 is 0 Å². The summed E-state index contributed by atoms with van der Waals surface area (Å²) < 4.78 is 17.9. The lowest BCUT2D eigenvalue weighted by molar-refractivity contribution is 0.312. The zero-order valence-corrected chi connectivity index (χ0v) is 8.35. The zero-order valence-electron chi connectivity index (χ0n) is 7.59. The minimum absolute atomic E-state index is 0.283. The minimum atomic E-state index is -0.369. The smallest absolute Gasteiger partial charge is 0.138 e. The van der Waals surface area contributed by atoms with E-state index in [-0.39, 0.29) is 10.8 Å². The van der Waals surface area contributed by atoms with Gasteiger partial charge in [0, 0.05) is 6.42 Å². The van der Waals surface area contributed by atoms with Gasteiger partial charge in [-0.15, -0.1) is 12.3 Å². The van der Waals surface area contributed by atoms with Gasteiger partial charge in [-0.05, 0) is 24.6 Å². The molecule has 0 aliphatic rings. The van der Waals surface area contributed by atoms with Crippen LogP contribution < -0.4 is 4.74 Å². The first kappa shape index (κ1) is 10.9. The van der Waals surface area contributed by atoms with Crippen LogP contribution in [0.5, 0.6) is 5.75 Å². The predicted molar refractivity (Wildman–Crippen MR) is 55.0 cm³/mol. The van der Waals surface area contributed by atoms with E-state index >= 15 is 0 Å². The van der Waals surface area contributed by atoms with Gasteiger partial charge < -0.3 is 4.74 Å². The number of halogens is 2. The normalized spacial score (nSPS) is 9.50. The van der Waals surface area contributed by atoms with Crippen LogP contribution in [0.3, 0.4) is 0 Å². The molecule has 0 aliphatic carbocycles. The second-order valence-electron chi connectivity index (χ2n) is 2.73. The minimum Gasteiger partial charge on any atom is -0.492 e. The third-order valence-corrected chi connectivity index (χ3v) is 1.91. The molecular formula is C11H10ClFO. The lowest BCUT2D eigenvalue weighted by Crippen LogP contribution is -1.97. The third kappa shape index (κ3) is 3.27. The van der Waals surface area contributed by atoms with Gasteiger partial charge in [-0.2, -0.15) is 0 Å². The van der Waals surface area contributed by atoms with Crippen LogP contribution in [-0.4, -0.2) is 6.61 Å². The maximum absolute atomic E-state index is 12.6. The lowest BCUT2D eigenvalue weighted by atomic mass is 10.3. The molecule has 0 radical (unpaired) electrons. The van der Waals surface area contributed by atoms with Crippen LogP contribution in [0.4, 0.5) is 4.39 Å². The highest BCUT2D eigenvalue weighted by molar-refractivity contribution is 6.32. The maximum atomic E-state index is 12.6. The second-order valence-corrected chi connectivity index (χ2v) is 3.14. The highest BCUT2D eigenvalue weighted by Gasteiger charge is 2.01. The SMILES string of the molecule is C#CCCCOc1ccc(F)cc1Cl. The fourth-order valence-electron chi connectivity index (χ4n) is 0.949. The summed E-state index contributed by atoms with van der Waals surface area (Å²) in [5, 5.41) is 0.283. The van der Waals surface area contributed by atoms with Gasteiger partial charge in [0.25, 0.3) is 0 Å². The van der Waals surface area contributed by atoms with Crippen LogP contribution in [0.15, 0.2) is 18.2 Å². The molecule has 0 saturated heterocycles. The molecule has 0 aromatic heterocycles. The van der Waals surface area contributed by atoms with Gasteiger partial charge >= 0.3 is 0 Å². The second kappa shape index (κ2) is 5.51. The van der Waals surface area contributed by atoms with Crippen LogP contribution in [-0.2, 0) is 0 Å². The van der Waals surface area contributed by atoms with E-state index in [2.05, 4.69) is 5.92 Å². The summed E-state index contributed by atoms with van der Waals surface area (Å²) in [5.74, 6) is 2.63. The molecule has 0 saturated carbocycles. The monoisotopic (exact) mass is 212 g/mol. The van der Waals surface area contributed by atoms with Gasteiger partial charge in [-0.3, -0.25) is 0 Å². The average Bonchev–Trinajstić information content (AvgIpc) is 2.15. The first-order valence-corrected chi connectivity index (χ1v) is 4.63. The molecule has 3 heteroatoms. The Morgan fingerprint density at radius 2 is 2.29 bits per heavy atom. The Labute approximate surface area is 87.8 Å². The number of terminal acetylenes is 1. The van der Waals surface area contributed by atoms with Crippen molar-refractivity contribution >= 4 is 11.6 Å². The third-order valence-electron chi connectivity index (χ3n) is 1.62. The van der Waals surface area contributed by atoms with Crippen molar-refractivity contribution < 1.29 is 9.13 Å². The molecule has 0 bridgehead atoms. The zero-order chi connectivity index (χ0) is 10.4. The van der Waals surface area contributed by atoms with Crippen molar-refractivity contribution in [3.63, 3.8) is 0 Å². The Morgan fingerprint density at radius 1 is 1.50 bits per heavy atom. The number of hydrogen-bond donors (Lipinski definition) is 0. The van der Waals surface area contributed by atoms with Crippen molar-refractivity contribution in [2.45, 2.75) is 12.8 Å². The first-order chi connectivity index (χ1) is 6.74. The summed E-state index contributed by atoms with van der Waals surface area (Å²) in [6, 6.07) is 4.04. The summed E-state index contributed by atoms with van der Waals surface area (Å²) in [7, 11) is 0. The molecule has 0 fully saturated rings. The number of unbranched alkanes of at least 4 members (excludes halogenated alkanes) is 1. The molecule has 0 amide bonds. The predicted octanol–water partition coefficient (Wildman–Crippen LogP) is 3.27. The topological polar surface area (TPSA) is 9.23 Å². The van der Waals surface area contributed by atoms with E-state index in [0.717, 1.165) is 6.42 Å². The molecule has 1 aromatic carbocycles.